The zero-order valence-electron chi connectivity index (χ0n) is 12.3. The first-order chi connectivity index (χ1) is 10.5. The van der Waals surface area contributed by atoms with Crippen LogP contribution in [0.4, 0.5) is 13.2 Å². The first-order valence-electron chi connectivity index (χ1n) is 6.71. The Kier molecular flexibility index (Phi) is 4.52. The number of carboxylic acids is 1. The molecule has 1 atom stereocenters. The summed E-state index contributed by atoms with van der Waals surface area (Å²) in [6.45, 7) is 4.22. The van der Waals surface area contributed by atoms with E-state index < -0.39 is 22.8 Å². The van der Waals surface area contributed by atoms with Crippen molar-refractivity contribution in [2.45, 2.75) is 25.1 Å². The molecule has 0 radical (unpaired) electrons. The van der Waals surface area contributed by atoms with Crippen molar-refractivity contribution < 1.29 is 32.5 Å². The van der Waals surface area contributed by atoms with E-state index in [2.05, 4.69) is 0 Å². The van der Waals surface area contributed by atoms with Crippen molar-refractivity contribution >= 4 is 23.6 Å². The lowest BCUT2D eigenvalue weighted by Gasteiger charge is -2.34. The summed E-state index contributed by atoms with van der Waals surface area (Å²) in [5.41, 5.74) is -0.908. The predicted octanol–water partition coefficient (Wildman–Crippen LogP) is 4.08. The fourth-order valence-corrected chi connectivity index (χ4v) is 2.16. The number of benzene rings is 1. The number of hydrogen-bond donors (Lipinski definition) is 1. The number of ether oxygens (including phenoxy) is 2. The van der Waals surface area contributed by atoms with E-state index in [1.54, 1.807) is 0 Å². The zero-order valence-corrected chi connectivity index (χ0v) is 13.0. The molecule has 1 aromatic carbocycles. The lowest BCUT2D eigenvalue weighted by Crippen LogP contribution is -2.50. The van der Waals surface area contributed by atoms with Gasteiger partial charge in [-0.05, 0) is 24.1 Å². The number of alkyl halides is 4. The summed E-state index contributed by atoms with van der Waals surface area (Å²) >= 11 is 5.48. The summed E-state index contributed by atoms with van der Waals surface area (Å²) in [5.74, 6) is -1.45. The van der Waals surface area contributed by atoms with E-state index in [-0.39, 0.29) is 17.2 Å². The van der Waals surface area contributed by atoms with E-state index in [0.29, 0.717) is 12.4 Å². The van der Waals surface area contributed by atoms with Gasteiger partial charge in [0, 0.05) is 11.6 Å². The molecule has 23 heavy (non-hydrogen) atoms. The fourth-order valence-electron chi connectivity index (χ4n) is 1.94. The van der Waals surface area contributed by atoms with Crippen LogP contribution in [0.1, 0.15) is 19.4 Å². The maximum Gasteiger partial charge on any atom is 0.448 e. The van der Waals surface area contributed by atoms with E-state index in [9.17, 15) is 18.0 Å². The smallest absolute Gasteiger partial charge is 0.448 e. The Morgan fingerprint density at radius 3 is 2.61 bits per heavy atom. The fraction of sp³-hybridized carbons (Fsp3) is 0.400. The van der Waals surface area contributed by atoms with Gasteiger partial charge in [0.05, 0.1) is 6.61 Å². The van der Waals surface area contributed by atoms with Crippen LogP contribution in [0, 0.1) is 5.92 Å². The second-order valence-corrected chi connectivity index (χ2v) is 5.99. The van der Waals surface area contributed by atoms with E-state index in [0.717, 1.165) is 6.08 Å². The minimum absolute atomic E-state index is 0.180. The van der Waals surface area contributed by atoms with Crippen molar-refractivity contribution in [1.82, 2.24) is 0 Å². The number of hydrogen-bond acceptors (Lipinski definition) is 3. The molecule has 0 aromatic heterocycles. The zero-order chi connectivity index (χ0) is 17.4. The van der Waals surface area contributed by atoms with E-state index in [1.165, 1.54) is 18.2 Å². The lowest BCUT2D eigenvalue weighted by molar-refractivity contribution is -0.204. The molecule has 1 aromatic rings. The Bertz CT molecular complexity index is 655. The lowest BCUT2D eigenvalue weighted by atomic mass is 10.0. The Hall–Kier alpha value is -1.89. The number of fused-ring (bicyclic) bond motifs is 1. The molecule has 126 valence electrons. The van der Waals surface area contributed by atoms with Crippen LogP contribution in [0.5, 0.6) is 11.5 Å². The first-order valence-corrected chi connectivity index (χ1v) is 7.09. The molecule has 1 aliphatic heterocycles. The number of rotatable bonds is 4. The highest BCUT2D eigenvalue weighted by molar-refractivity contribution is 6.29. The molecule has 0 fully saturated rings. The van der Waals surface area contributed by atoms with Crippen molar-refractivity contribution in [3.8, 4) is 11.5 Å². The number of carbonyl (C=O) groups is 1. The molecule has 1 unspecified atom stereocenters. The molecule has 0 spiro atoms. The first kappa shape index (κ1) is 17.5. The van der Waals surface area contributed by atoms with Crippen molar-refractivity contribution in [2.75, 3.05) is 6.61 Å². The van der Waals surface area contributed by atoms with Crippen molar-refractivity contribution in [3.05, 3.63) is 29.3 Å². The van der Waals surface area contributed by atoms with E-state index in [4.69, 9.17) is 26.2 Å². The standard InChI is InChI=1S/C15H14ClF3O4/c1-8(2)7-22-10-4-3-9-5-11(13(20)21)14(16,15(17,18)19)23-12(9)6-10/h3-6,8H,7H2,1-2H3,(H,20,21). The summed E-state index contributed by atoms with van der Waals surface area (Å²) < 4.78 is 49.8. The molecule has 0 bridgehead atoms. The van der Waals surface area contributed by atoms with Gasteiger partial charge < -0.3 is 14.6 Å². The Balaban J connectivity index is 2.44. The molecule has 0 aliphatic carbocycles. The number of aliphatic carboxylic acids is 1. The van der Waals surface area contributed by atoms with Gasteiger partial charge in [-0.1, -0.05) is 25.4 Å². The highest BCUT2D eigenvalue weighted by Crippen LogP contribution is 2.48. The van der Waals surface area contributed by atoms with Crippen molar-refractivity contribution in [2.24, 2.45) is 5.92 Å². The summed E-state index contributed by atoms with van der Waals surface area (Å²) in [5, 5.41) is 5.56. The molecule has 1 N–H and O–H groups in total. The largest absolute Gasteiger partial charge is 0.493 e. The number of halogens is 4. The van der Waals surface area contributed by atoms with E-state index in [1.807, 2.05) is 13.8 Å². The summed E-state index contributed by atoms with van der Waals surface area (Å²) in [6.07, 6.45) is -4.25. The van der Waals surface area contributed by atoms with Gasteiger partial charge in [-0.25, -0.2) is 4.79 Å². The quantitative estimate of drug-likeness (QED) is 0.831. The highest BCUT2D eigenvalue weighted by Gasteiger charge is 2.62. The van der Waals surface area contributed by atoms with Gasteiger partial charge in [-0.3, -0.25) is 0 Å². The molecule has 2 rings (SSSR count). The monoisotopic (exact) mass is 350 g/mol. The Morgan fingerprint density at radius 2 is 2.09 bits per heavy atom. The molecule has 0 amide bonds. The highest BCUT2D eigenvalue weighted by atomic mass is 35.5. The minimum atomic E-state index is -5.11. The summed E-state index contributed by atoms with van der Waals surface area (Å²) in [4.78, 5) is 11.1. The van der Waals surface area contributed by atoms with Crippen LogP contribution in [0.3, 0.4) is 0 Å². The molecule has 1 heterocycles. The third kappa shape index (κ3) is 3.39. The number of carboxylic acid groups (broad SMARTS) is 1. The van der Waals surface area contributed by atoms with Crippen LogP contribution in [-0.2, 0) is 4.79 Å². The Labute approximate surface area is 135 Å². The normalized spacial score (nSPS) is 20.6. The molecular weight excluding hydrogens is 337 g/mol. The van der Waals surface area contributed by atoms with Crippen LogP contribution in [0.2, 0.25) is 0 Å². The van der Waals surface area contributed by atoms with Gasteiger partial charge >= 0.3 is 17.2 Å². The van der Waals surface area contributed by atoms with E-state index >= 15 is 0 Å². The topological polar surface area (TPSA) is 55.8 Å². The van der Waals surface area contributed by atoms with Gasteiger partial charge in [-0.2, -0.15) is 13.2 Å². The SMILES string of the molecule is CC(C)COc1ccc2c(c1)OC(Cl)(C(F)(F)F)C(C(=O)O)=C2. The van der Waals surface area contributed by atoms with Gasteiger partial charge in [0.1, 0.15) is 17.1 Å². The average molecular weight is 351 g/mol. The van der Waals surface area contributed by atoms with Gasteiger partial charge in [-0.15, -0.1) is 0 Å². The predicted molar refractivity (Wildman–Crippen MR) is 77.7 cm³/mol. The van der Waals surface area contributed by atoms with Crippen molar-refractivity contribution in [3.63, 3.8) is 0 Å². The molecule has 8 heteroatoms. The average Bonchev–Trinajstić information content (AvgIpc) is 2.42. The second-order valence-electron chi connectivity index (χ2n) is 5.46. The maximum absolute atomic E-state index is 13.2. The van der Waals surface area contributed by atoms with Crippen LogP contribution >= 0.6 is 11.6 Å². The van der Waals surface area contributed by atoms with Crippen LogP contribution < -0.4 is 9.47 Å². The van der Waals surface area contributed by atoms with Gasteiger partial charge in [0.15, 0.2) is 0 Å². The minimum Gasteiger partial charge on any atom is -0.493 e. The third-order valence-corrected chi connectivity index (χ3v) is 3.56. The Morgan fingerprint density at radius 1 is 1.43 bits per heavy atom. The van der Waals surface area contributed by atoms with Gasteiger partial charge in [0.2, 0.25) is 0 Å². The molecule has 0 saturated carbocycles. The summed E-state index contributed by atoms with van der Waals surface area (Å²) in [7, 11) is 0. The molecule has 4 nitrogen and oxygen atoms in total. The summed E-state index contributed by atoms with van der Waals surface area (Å²) in [6, 6.07) is 4.20. The van der Waals surface area contributed by atoms with Gasteiger partial charge in [0.25, 0.3) is 0 Å². The van der Waals surface area contributed by atoms with Crippen LogP contribution in [-0.4, -0.2) is 28.9 Å². The molecule has 0 saturated heterocycles. The van der Waals surface area contributed by atoms with Crippen molar-refractivity contribution in [1.29, 1.82) is 0 Å². The maximum atomic E-state index is 13.2. The second kappa shape index (κ2) is 5.96. The van der Waals surface area contributed by atoms with Crippen LogP contribution in [0.25, 0.3) is 6.08 Å². The van der Waals surface area contributed by atoms with Crippen LogP contribution in [0.15, 0.2) is 23.8 Å². The third-order valence-electron chi connectivity index (χ3n) is 3.06. The molecular formula is C15H14ClF3O4. The molecule has 1 aliphatic rings.